The van der Waals surface area contributed by atoms with Crippen molar-refractivity contribution in [2.45, 2.75) is 26.6 Å². The molecule has 2 heterocycles. The van der Waals surface area contributed by atoms with E-state index in [2.05, 4.69) is 93.0 Å². The summed E-state index contributed by atoms with van der Waals surface area (Å²) in [6.07, 6.45) is 3.29. The summed E-state index contributed by atoms with van der Waals surface area (Å²) in [7, 11) is 0. The first-order valence-corrected chi connectivity index (χ1v) is 11.3. The van der Waals surface area contributed by atoms with Gasteiger partial charge in [0.15, 0.2) is 5.96 Å². The van der Waals surface area contributed by atoms with Gasteiger partial charge in [-0.25, -0.2) is 14.7 Å². The SMILES string of the molecule is CCNC(=NCc1ccsc1)NCc1ccccc1-c1ccc(Cn2cncn2)cc1. The molecule has 0 amide bonds. The van der Waals surface area contributed by atoms with Crippen molar-refractivity contribution in [1.29, 1.82) is 0 Å². The molecule has 0 spiro atoms. The highest BCUT2D eigenvalue weighted by Gasteiger charge is 2.07. The van der Waals surface area contributed by atoms with Crippen LogP contribution < -0.4 is 10.6 Å². The maximum absolute atomic E-state index is 4.71. The van der Waals surface area contributed by atoms with Gasteiger partial charge < -0.3 is 10.6 Å². The number of benzene rings is 2. The van der Waals surface area contributed by atoms with Gasteiger partial charge >= 0.3 is 0 Å². The van der Waals surface area contributed by atoms with E-state index in [1.807, 2.05) is 4.68 Å². The van der Waals surface area contributed by atoms with E-state index < -0.39 is 0 Å². The molecule has 0 aliphatic rings. The van der Waals surface area contributed by atoms with Crippen LogP contribution in [0.25, 0.3) is 11.1 Å². The number of thiophene rings is 1. The molecule has 0 aliphatic heterocycles. The molecule has 2 aromatic carbocycles. The summed E-state index contributed by atoms with van der Waals surface area (Å²) in [5.74, 6) is 0.826. The second kappa shape index (κ2) is 10.5. The van der Waals surface area contributed by atoms with E-state index in [1.165, 1.54) is 27.8 Å². The van der Waals surface area contributed by atoms with E-state index in [9.17, 15) is 0 Å². The Bertz CT molecular complexity index is 1090. The van der Waals surface area contributed by atoms with Crippen molar-refractivity contribution in [3.63, 3.8) is 0 Å². The Morgan fingerprint density at radius 2 is 1.90 bits per heavy atom. The van der Waals surface area contributed by atoms with Crippen LogP contribution in [-0.4, -0.2) is 27.3 Å². The largest absolute Gasteiger partial charge is 0.357 e. The molecular weight excluding hydrogens is 404 g/mol. The number of hydrogen-bond acceptors (Lipinski definition) is 4. The number of aliphatic imine (C=N–C) groups is 1. The quantitative estimate of drug-likeness (QED) is 0.323. The van der Waals surface area contributed by atoms with Crippen molar-refractivity contribution in [2.75, 3.05) is 6.54 Å². The van der Waals surface area contributed by atoms with E-state index in [0.29, 0.717) is 13.1 Å². The first-order chi connectivity index (χ1) is 15.3. The van der Waals surface area contributed by atoms with Gasteiger partial charge in [0, 0.05) is 13.1 Å². The summed E-state index contributed by atoms with van der Waals surface area (Å²) in [5.41, 5.74) is 6.07. The molecular formula is C24H26N6S. The monoisotopic (exact) mass is 430 g/mol. The zero-order valence-electron chi connectivity index (χ0n) is 17.5. The van der Waals surface area contributed by atoms with Crippen LogP contribution in [0.3, 0.4) is 0 Å². The number of hydrogen-bond donors (Lipinski definition) is 2. The Hall–Kier alpha value is -3.45. The second-order valence-corrected chi connectivity index (χ2v) is 7.91. The lowest BCUT2D eigenvalue weighted by atomic mass is 9.98. The minimum atomic E-state index is 0.674. The van der Waals surface area contributed by atoms with Crippen LogP contribution in [0.2, 0.25) is 0 Å². The highest BCUT2D eigenvalue weighted by atomic mass is 32.1. The summed E-state index contributed by atoms with van der Waals surface area (Å²) in [5, 5.41) is 15.2. The Morgan fingerprint density at radius 1 is 1.03 bits per heavy atom. The van der Waals surface area contributed by atoms with E-state index in [1.54, 1.807) is 24.0 Å². The highest BCUT2D eigenvalue weighted by Crippen LogP contribution is 2.24. The van der Waals surface area contributed by atoms with Crippen LogP contribution in [0.1, 0.15) is 23.6 Å². The topological polar surface area (TPSA) is 67.1 Å². The number of guanidine groups is 1. The molecule has 31 heavy (non-hydrogen) atoms. The molecule has 0 saturated carbocycles. The van der Waals surface area contributed by atoms with Crippen LogP contribution in [0.15, 0.2) is 83.0 Å². The average molecular weight is 431 g/mol. The van der Waals surface area contributed by atoms with E-state index in [0.717, 1.165) is 19.0 Å². The van der Waals surface area contributed by atoms with Crippen molar-refractivity contribution >= 4 is 17.3 Å². The van der Waals surface area contributed by atoms with Crippen molar-refractivity contribution in [2.24, 2.45) is 4.99 Å². The minimum Gasteiger partial charge on any atom is -0.357 e. The van der Waals surface area contributed by atoms with Gasteiger partial charge in [-0.2, -0.15) is 16.4 Å². The lowest BCUT2D eigenvalue weighted by molar-refractivity contribution is 0.685. The fourth-order valence-corrected chi connectivity index (χ4v) is 3.98. The lowest BCUT2D eigenvalue weighted by Crippen LogP contribution is -2.36. The zero-order valence-corrected chi connectivity index (χ0v) is 18.3. The van der Waals surface area contributed by atoms with Gasteiger partial charge in [0.05, 0.1) is 13.1 Å². The molecule has 0 atom stereocenters. The van der Waals surface area contributed by atoms with Crippen LogP contribution >= 0.6 is 11.3 Å². The Kier molecular flexibility index (Phi) is 7.08. The Morgan fingerprint density at radius 3 is 2.65 bits per heavy atom. The fraction of sp³-hybridized carbons (Fsp3) is 0.208. The molecule has 7 heteroatoms. The molecule has 0 aliphatic carbocycles. The molecule has 0 bridgehead atoms. The average Bonchev–Trinajstić information content (AvgIpc) is 3.51. The summed E-state index contributed by atoms with van der Waals surface area (Å²) >= 11 is 1.70. The van der Waals surface area contributed by atoms with Crippen molar-refractivity contribution in [1.82, 2.24) is 25.4 Å². The molecule has 0 fully saturated rings. The fourth-order valence-electron chi connectivity index (χ4n) is 3.32. The van der Waals surface area contributed by atoms with Gasteiger partial charge in [-0.3, -0.25) is 0 Å². The van der Waals surface area contributed by atoms with E-state index >= 15 is 0 Å². The number of nitrogens with zero attached hydrogens (tertiary/aromatic N) is 4. The summed E-state index contributed by atoms with van der Waals surface area (Å²) in [4.78, 5) is 8.71. The lowest BCUT2D eigenvalue weighted by Gasteiger charge is -2.14. The number of rotatable bonds is 8. The van der Waals surface area contributed by atoms with Crippen molar-refractivity contribution in [3.8, 4) is 11.1 Å². The third kappa shape index (κ3) is 5.79. The summed E-state index contributed by atoms with van der Waals surface area (Å²) in [6, 6.07) is 19.2. The first kappa shape index (κ1) is 20.8. The van der Waals surface area contributed by atoms with Crippen LogP contribution in [0, 0.1) is 0 Å². The molecule has 4 aromatic rings. The Labute approximate surface area is 186 Å². The smallest absolute Gasteiger partial charge is 0.191 e. The maximum atomic E-state index is 4.71. The zero-order chi connectivity index (χ0) is 21.3. The number of nitrogens with one attached hydrogen (secondary N) is 2. The van der Waals surface area contributed by atoms with Crippen molar-refractivity contribution < 1.29 is 0 Å². The van der Waals surface area contributed by atoms with Gasteiger partial charge in [-0.1, -0.05) is 48.5 Å². The van der Waals surface area contributed by atoms with Crippen molar-refractivity contribution in [3.05, 3.63) is 94.7 Å². The predicted molar refractivity (Wildman–Crippen MR) is 127 cm³/mol. The van der Waals surface area contributed by atoms with Gasteiger partial charge in [-0.05, 0) is 51.6 Å². The molecule has 0 unspecified atom stereocenters. The van der Waals surface area contributed by atoms with Crippen LogP contribution in [0.4, 0.5) is 0 Å². The van der Waals surface area contributed by atoms with Gasteiger partial charge in [0.1, 0.15) is 12.7 Å². The Balaban J connectivity index is 1.45. The molecule has 2 aromatic heterocycles. The molecule has 0 radical (unpaired) electrons. The molecule has 6 nitrogen and oxygen atoms in total. The third-order valence-electron chi connectivity index (χ3n) is 4.88. The third-order valence-corrected chi connectivity index (χ3v) is 5.62. The second-order valence-electron chi connectivity index (χ2n) is 7.13. The van der Waals surface area contributed by atoms with E-state index in [4.69, 9.17) is 4.99 Å². The summed E-state index contributed by atoms with van der Waals surface area (Å²) < 4.78 is 1.82. The van der Waals surface area contributed by atoms with E-state index in [-0.39, 0.29) is 0 Å². The van der Waals surface area contributed by atoms with Crippen LogP contribution in [-0.2, 0) is 19.6 Å². The maximum Gasteiger partial charge on any atom is 0.191 e. The summed E-state index contributed by atoms with van der Waals surface area (Å²) in [6.45, 7) is 5.00. The predicted octanol–water partition coefficient (Wildman–Crippen LogP) is 4.31. The van der Waals surface area contributed by atoms with Gasteiger partial charge in [0.2, 0.25) is 0 Å². The van der Waals surface area contributed by atoms with Gasteiger partial charge in [-0.15, -0.1) is 0 Å². The molecule has 2 N–H and O–H groups in total. The normalized spacial score (nSPS) is 11.5. The molecule has 0 saturated heterocycles. The molecule has 4 rings (SSSR count). The number of aromatic nitrogens is 3. The molecule has 158 valence electrons. The van der Waals surface area contributed by atoms with Crippen LogP contribution in [0.5, 0.6) is 0 Å². The van der Waals surface area contributed by atoms with Gasteiger partial charge in [0.25, 0.3) is 0 Å². The highest BCUT2D eigenvalue weighted by molar-refractivity contribution is 7.07. The minimum absolute atomic E-state index is 0.674. The standard InChI is InChI=1S/C24H26N6S/c1-2-26-24(27-13-20-11-12-31-16-20)28-14-22-5-3-4-6-23(22)21-9-7-19(8-10-21)15-30-18-25-17-29-30/h3-12,16-18H,2,13-15H2,1H3,(H2,26,27,28). The first-order valence-electron chi connectivity index (χ1n) is 10.3.